The zero-order chi connectivity index (χ0) is 23.6. The van der Waals surface area contributed by atoms with Gasteiger partial charge in [0.2, 0.25) is 0 Å². The Hall–Kier alpha value is -2.17. The molecule has 0 aliphatic heterocycles. The normalized spacial score (nSPS) is 12.4. The van der Waals surface area contributed by atoms with Crippen LogP contribution in [0.15, 0.2) is 9.59 Å². The lowest BCUT2D eigenvalue weighted by molar-refractivity contribution is 0.0497. The summed E-state index contributed by atoms with van der Waals surface area (Å²) < 4.78 is 13.3. The number of hydrogen-bond donors (Lipinski definition) is 2. The van der Waals surface area contributed by atoms with Crippen LogP contribution in [0.3, 0.4) is 0 Å². The van der Waals surface area contributed by atoms with Crippen LogP contribution < -0.4 is 22.1 Å². The zero-order valence-electron chi connectivity index (χ0n) is 19.7. The number of aromatic nitrogens is 2. The van der Waals surface area contributed by atoms with Gasteiger partial charge in [0.25, 0.3) is 5.56 Å². The number of fused-ring (bicyclic) bond motifs is 1. The molecule has 2 N–H and O–H groups in total. The molecule has 1 amide bonds. The number of amides is 1. The number of rotatable bonds is 7. The molecule has 0 aliphatic rings. The fourth-order valence-corrected chi connectivity index (χ4v) is 4.36. The predicted molar refractivity (Wildman–Crippen MR) is 123 cm³/mol. The highest BCUT2D eigenvalue weighted by Gasteiger charge is 2.23. The first-order chi connectivity index (χ1) is 14.2. The van der Waals surface area contributed by atoms with E-state index in [1.165, 1.54) is 15.9 Å². The molecule has 0 radical (unpaired) electrons. The number of nitrogens with zero attached hydrogens (tertiary/aromatic N) is 2. The Bertz CT molecular complexity index is 1050. The van der Waals surface area contributed by atoms with E-state index in [2.05, 4.69) is 10.9 Å². The van der Waals surface area contributed by atoms with Crippen LogP contribution in [0.1, 0.15) is 52.0 Å². The largest absolute Gasteiger partial charge is 0.443 e. The highest BCUT2D eigenvalue weighted by molar-refractivity contribution is 7.18. The van der Waals surface area contributed by atoms with E-state index in [4.69, 9.17) is 9.47 Å². The van der Waals surface area contributed by atoms with Crippen LogP contribution >= 0.6 is 11.3 Å². The van der Waals surface area contributed by atoms with Crippen molar-refractivity contribution in [3.8, 4) is 0 Å². The second-order valence-electron chi connectivity index (χ2n) is 9.69. The Balaban J connectivity index is 2.44. The van der Waals surface area contributed by atoms with Crippen LogP contribution in [0.4, 0.5) is 4.79 Å². The molecule has 0 unspecified atom stereocenters. The monoisotopic (exact) mass is 454 g/mol. The topological polar surface area (TPSA) is 104 Å². The lowest BCUT2D eigenvalue weighted by Gasteiger charge is -2.20. The summed E-state index contributed by atoms with van der Waals surface area (Å²) in [5, 5.41) is 0.527. The molecule has 0 aliphatic carbocycles. The predicted octanol–water partition coefficient (Wildman–Crippen LogP) is 2.75. The minimum absolute atomic E-state index is 0.235. The maximum Gasteiger partial charge on any atom is 0.422 e. The summed E-state index contributed by atoms with van der Waals surface area (Å²) >= 11 is 1.36. The third-order valence-corrected chi connectivity index (χ3v) is 5.70. The number of thiophene rings is 1. The van der Waals surface area contributed by atoms with E-state index in [9.17, 15) is 14.4 Å². The first-order valence-corrected chi connectivity index (χ1v) is 11.0. The average molecular weight is 455 g/mol. The molecule has 2 rings (SSSR count). The van der Waals surface area contributed by atoms with E-state index >= 15 is 0 Å². The molecule has 0 saturated carbocycles. The van der Waals surface area contributed by atoms with Gasteiger partial charge in [-0.05, 0) is 38.7 Å². The van der Waals surface area contributed by atoms with E-state index in [0.717, 1.165) is 10.4 Å². The first kappa shape index (κ1) is 25.1. The molecule has 0 saturated heterocycles. The minimum Gasteiger partial charge on any atom is -0.443 e. The van der Waals surface area contributed by atoms with Crippen molar-refractivity contribution in [3.05, 3.63) is 31.3 Å². The second kappa shape index (κ2) is 9.54. The molecular weight excluding hydrogens is 420 g/mol. The third-order valence-electron chi connectivity index (χ3n) is 4.38. The Morgan fingerprint density at radius 2 is 1.74 bits per heavy atom. The number of hydrogen-bond acceptors (Lipinski definition) is 7. The van der Waals surface area contributed by atoms with Gasteiger partial charge >= 0.3 is 11.8 Å². The molecule has 0 bridgehead atoms. The van der Waals surface area contributed by atoms with Gasteiger partial charge in [-0.3, -0.25) is 19.4 Å². The van der Waals surface area contributed by atoms with Crippen LogP contribution in [0.2, 0.25) is 0 Å². The molecule has 2 heterocycles. The molecule has 31 heavy (non-hydrogen) atoms. The second-order valence-corrected chi connectivity index (χ2v) is 10.8. The van der Waals surface area contributed by atoms with Gasteiger partial charge in [0.05, 0.1) is 18.5 Å². The van der Waals surface area contributed by atoms with Crippen molar-refractivity contribution in [2.24, 2.45) is 5.41 Å². The number of aryl methyl sites for hydroxylation is 1. The number of ether oxygens (including phenoxy) is 2. The number of methoxy groups -OCH3 is 1. The van der Waals surface area contributed by atoms with Crippen molar-refractivity contribution in [2.45, 2.75) is 73.7 Å². The molecule has 0 spiro atoms. The van der Waals surface area contributed by atoms with Crippen LogP contribution in [-0.4, -0.2) is 34.5 Å². The summed E-state index contributed by atoms with van der Waals surface area (Å²) in [6, 6.07) is 0. The van der Waals surface area contributed by atoms with Crippen molar-refractivity contribution in [3.63, 3.8) is 0 Å². The summed E-state index contributed by atoms with van der Waals surface area (Å²) in [5.41, 5.74) is 4.67. The van der Waals surface area contributed by atoms with Gasteiger partial charge in [0.1, 0.15) is 10.4 Å². The highest BCUT2D eigenvalue weighted by atomic mass is 32.1. The van der Waals surface area contributed by atoms with Crippen LogP contribution in [0.5, 0.6) is 0 Å². The minimum atomic E-state index is -0.602. The van der Waals surface area contributed by atoms with E-state index in [1.807, 2.05) is 27.7 Å². The summed E-state index contributed by atoms with van der Waals surface area (Å²) in [6.45, 7) is 14.5. The summed E-state index contributed by atoms with van der Waals surface area (Å²) in [7, 11) is 1.57. The van der Waals surface area contributed by atoms with Crippen molar-refractivity contribution in [2.75, 3.05) is 13.7 Å². The van der Waals surface area contributed by atoms with Gasteiger partial charge in [0.15, 0.2) is 0 Å². The maximum absolute atomic E-state index is 13.2. The zero-order valence-corrected chi connectivity index (χ0v) is 20.5. The summed E-state index contributed by atoms with van der Waals surface area (Å²) in [6.07, 6.45) is -0.587. The Labute approximate surface area is 186 Å². The van der Waals surface area contributed by atoms with Gasteiger partial charge in [-0.15, -0.1) is 11.3 Å². The SMILES string of the molecule is COCCn1c(=O)n(CC(C)(C)C)c(=O)c2c(C)c(CNNC(=O)OC(C)(C)C)sc21. The molecule has 2 aromatic rings. The summed E-state index contributed by atoms with van der Waals surface area (Å²) in [4.78, 5) is 39.7. The van der Waals surface area contributed by atoms with Crippen molar-refractivity contribution < 1.29 is 14.3 Å². The fraction of sp³-hybridized carbons (Fsp3) is 0.667. The third kappa shape index (κ3) is 6.41. The average Bonchev–Trinajstić information content (AvgIpc) is 2.93. The van der Waals surface area contributed by atoms with Crippen LogP contribution in [-0.2, 0) is 29.1 Å². The molecule has 0 aromatic carbocycles. The Kier molecular flexibility index (Phi) is 7.72. The van der Waals surface area contributed by atoms with Crippen LogP contribution in [0, 0.1) is 12.3 Å². The van der Waals surface area contributed by atoms with Gasteiger partial charge in [0, 0.05) is 25.1 Å². The fourth-order valence-electron chi connectivity index (χ4n) is 3.10. The van der Waals surface area contributed by atoms with E-state index in [-0.39, 0.29) is 16.7 Å². The quantitative estimate of drug-likeness (QED) is 0.624. The summed E-state index contributed by atoms with van der Waals surface area (Å²) in [5.74, 6) is 0. The van der Waals surface area contributed by atoms with Gasteiger partial charge in [-0.25, -0.2) is 15.0 Å². The van der Waals surface area contributed by atoms with Gasteiger partial charge in [-0.1, -0.05) is 20.8 Å². The van der Waals surface area contributed by atoms with Crippen molar-refractivity contribution in [1.29, 1.82) is 0 Å². The maximum atomic E-state index is 13.2. The molecule has 2 aromatic heterocycles. The standard InChI is InChI=1S/C21H34N4O5S/c1-13-14(11-22-23-18(27)30-21(5,6)7)31-17-15(13)16(26)25(12-20(2,3)4)19(28)24(17)9-10-29-8/h22H,9-12H2,1-8H3,(H,23,27). The van der Waals surface area contributed by atoms with Crippen LogP contribution in [0.25, 0.3) is 10.2 Å². The molecular formula is C21H34N4O5S. The number of carbonyl (C=O) groups is 1. The molecule has 174 valence electrons. The molecule has 9 nitrogen and oxygen atoms in total. The molecule has 10 heteroatoms. The molecule has 0 fully saturated rings. The lowest BCUT2D eigenvalue weighted by atomic mass is 9.97. The van der Waals surface area contributed by atoms with E-state index < -0.39 is 11.7 Å². The molecule has 0 atom stereocenters. The van der Waals surface area contributed by atoms with Crippen molar-refractivity contribution in [1.82, 2.24) is 20.0 Å². The Morgan fingerprint density at radius 3 is 2.29 bits per heavy atom. The number of hydrazine groups is 1. The lowest BCUT2D eigenvalue weighted by Crippen LogP contribution is -2.42. The first-order valence-electron chi connectivity index (χ1n) is 10.2. The number of carbonyl (C=O) groups excluding carboxylic acids is 1. The van der Waals surface area contributed by atoms with Gasteiger partial charge < -0.3 is 9.47 Å². The number of nitrogens with one attached hydrogen (secondary N) is 2. The van der Waals surface area contributed by atoms with E-state index in [1.54, 1.807) is 32.4 Å². The Morgan fingerprint density at radius 1 is 1.10 bits per heavy atom. The highest BCUT2D eigenvalue weighted by Crippen LogP contribution is 2.28. The van der Waals surface area contributed by atoms with E-state index in [0.29, 0.717) is 36.5 Å². The van der Waals surface area contributed by atoms with Gasteiger partial charge in [-0.2, -0.15) is 0 Å². The van der Waals surface area contributed by atoms with Crippen molar-refractivity contribution >= 4 is 27.6 Å². The smallest absolute Gasteiger partial charge is 0.422 e.